The highest BCUT2D eigenvalue weighted by Crippen LogP contribution is 2.38. The van der Waals surface area contributed by atoms with Crippen LogP contribution in [-0.2, 0) is 15.1 Å². The Balaban J connectivity index is 2.50. The number of nitrogens with zero attached hydrogens (tertiary/aromatic N) is 3. The lowest BCUT2D eigenvalue weighted by Gasteiger charge is -2.36. The maximum Gasteiger partial charge on any atom is 0.249 e. The lowest BCUT2D eigenvalue weighted by Crippen LogP contribution is -2.55. The average molecular weight is 262 g/mol. The molecule has 0 aromatic carbocycles. The first-order valence-electron chi connectivity index (χ1n) is 6.38. The van der Waals surface area contributed by atoms with Gasteiger partial charge in [-0.3, -0.25) is 19.6 Å². The molecule has 1 aromatic heterocycles. The first-order valence-corrected chi connectivity index (χ1v) is 6.38. The van der Waals surface area contributed by atoms with Crippen LogP contribution in [0.2, 0.25) is 0 Å². The Morgan fingerprint density at radius 2 is 2.16 bits per heavy atom. The number of aromatic nitrogens is 2. The Labute approximate surface area is 112 Å². The van der Waals surface area contributed by atoms with Gasteiger partial charge in [-0.2, -0.15) is 0 Å². The Bertz CT molecular complexity index is 489. The van der Waals surface area contributed by atoms with E-state index in [0.29, 0.717) is 18.7 Å². The van der Waals surface area contributed by atoms with Gasteiger partial charge in [0.25, 0.3) is 0 Å². The highest BCUT2D eigenvalue weighted by molar-refractivity contribution is 5.92. The monoisotopic (exact) mass is 262 g/mol. The third-order valence-corrected chi connectivity index (χ3v) is 3.54. The number of hydrogen-bond acceptors (Lipinski definition) is 4. The molecule has 0 radical (unpaired) electrons. The Morgan fingerprint density at radius 3 is 2.68 bits per heavy atom. The zero-order valence-corrected chi connectivity index (χ0v) is 11.2. The van der Waals surface area contributed by atoms with Gasteiger partial charge in [-0.25, -0.2) is 0 Å². The summed E-state index contributed by atoms with van der Waals surface area (Å²) in [4.78, 5) is 34.1. The highest BCUT2D eigenvalue weighted by Gasteiger charge is 2.51. The Hall–Kier alpha value is -1.98. The van der Waals surface area contributed by atoms with Crippen LogP contribution in [-0.4, -0.2) is 33.2 Å². The van der Waals surface area contributed by atoms with Gasteiger partial charge in [0.2, 0.25) is 11.8 Å². The molecule has 1 atom stereocenters. The summed E-state index contributed by atoms with van der Waals surface area (Å²) in [6, 6.07) is 0. The minimum Gasteiger partial charge on any atom is -0.367 e. The van der Waals surface area contributed by atoms with Crippen molar-refractivity contribution in [1.82, 2.24) is 14.9 Å². The number of hydrogen-bond donors (Lipinski definition) is 1. The van der Waals surface area contributed by atoms with Gasteiger partial charge in [0.05, 0.1) is 11.9 Å². The molecule has 1 aromatic rings. The number of carbonyl (C=O) groups is 2. The minimum atomic E-state index is -1.14. The summed E-state index contributed by atoms with van der Waals surface area (Å²) < 4.78 is 0. The molecule has 6 heteroatoms. The number of nitrogens with two attached hydrogens (primary N) is 1. The van der Waals surface area contributed by atoms with E-state index in [9.17, 15) is 9.59 Å². The second-order valence-electron chi connectivity index (χ2n) is 5.06. The van der Waals surface area contributed by atoms with E-state index in [0.717, 1.165) is 6.42 Å². The molecule has 2 rings (SSSR count). The highest BCUT2D eigenvalue weighted by atomic mass is 16.2. The minimum absolute atomic E-state index is 0.0815. The summed E-state index contributed by atoms with van der Waals surface area (Å²) >= 11 is 0. The predicted molar refractivity (Wildman–Crippen MR) is 68.7 cm³/mol. The van der Waals surface area contributed by atoms with Gasteiger partial charge in [0.15, 0.2) is 5.54 Å². The molecular formula is C13H18N4O2. The molecule has 19 heavy (non-hydrogen) atoms. The van der Waals surface area contributed by atoms with Crippen molar-refractivity contribution in [2.75, 3.05) is 6.54 Å². The van der Waals surface area contributed by atoms with Crippen molar-refractivity contribution in [2.45, 2.75) is 32.2 Å². The molecule has 1 saturated heterocycles. The van der Waals surface area contributed by atoms with Gasteiger partial charge in [0, 0.05) is 24.9 Å². The van der Waals surface area contributed by atoms with E-state index >= 15 is 0 Å². The second kappa shape index (κ2) is 4.95. The largest absolute Gasteiger partial charge is 0.367 e. The average Bonchev–Trinajstić information content (AvgIpc) is 2.84. The van der Waals surface area contributed by atoms with Gasteiger partial charge in [-0.1, -0.05) is 13.8 Å². The zero-order chi connectivity index (χ0) is 14.0. The summed E-state index contributed by atoms with van der Waals surface area (Å²) in [7, 11) is 0. The number of carbonyl (C=O) groups excluding carboxylic acids is 2. The van der Waals surface area contributed by atoms with Gasteiger partial charge >= 0.3 is 0 Å². The Kier molecular flexibility index (Phi) is 3.50. The molecule has 0 unspecified atom stereocenters. The molecule has 1 aliphatic rings. The van der Waals surface area contributed by atoms with E-state index in [1.165, 1.54) is 18.6 Å². The van der Waals surface area contributed by atoms with Crippen LogP contribution in [0, 0.1) is 5.92 Å². The summed E-state index contributed by atoms with van der Waals surface area (Å²) in [6.45, 7) is 4.14. The van der Waals surface area contributed by atoms with E-state index < -0.39 is 11.4 Å². The second-order valence-corrected chi connectivity index (χ2v) is 5.06. The van der Waals surface area contributed by atoms with E-state index in [4.69, 9.17) is 5.73 Å². The van der Waals surface area contributed by atoms with Crippen molar-refractivity contribution in [2.24, 2.45) is 11.7 Å². The van der Waals surface area contributed by atoms with Crippen LogP contribution in [0.5, 0.6) is 0 Å². The van der Waals surface area contributed by atoms with Gasteiger partial charge in [-0.05, 0) is 12.8 Å². The maximum atomic E-state index is 12.3. The molecule has 1 aliphatic heterocycles. The van der Waals surface area contributed by atoms with Crippen LogP contribution in [0.25, 0.3) is 0 Å². The molecule has 0 bridgehead atoms. The molecule has 2 N–H and O–H groups in total. The molecule has 0 saturated carbocycles. The third kappa shape index (κ3) is 2.07. The lowest BCUT2D eigenvalue weighted by atomic mass is 9.90. The third-order valence-electron chi connectivity index (χ3n) is 3.54. The topological polar surface area (TPSA) is 89.2 Å². The van der Waals surface area contributed by atoms with Crippen LogP contribution in [0.15, 0.2) is 18.6 Å². The first kappa shape index (κ1) is 13.5. The van der Waals surface area contributed by atoms with Crippen molar-refractivity contribution in [3.8, 4) is 0 Å². The van der Waals surface area contributed by atoms with Crippen molar-refractivity contribution >= 4 is 11.8 Å². The van der Waals surface area contributed by atoms with E-state index in [1.54, 1.807) is 4.90 Å². The number of primary amides is 1. The molecule has 2 amide bonds. The van der Waals surface area contributed by atoms with Crippen molar-refractivity contribution in [3.63, 3.8) is 0 Å². The quantitative estimate of drug-likeness (QED) is 0.855. The maximum absolute atomic E-state index is 12.3. The standard InChI is InChI=1S/C13H18N4O2/c1-9(2)11(18)17-7-3-4-13(17,12(14)19)10-8-15-5-6-16-10/h5-6,8-9H,3-4,7H2,1-2H3,(H2,14,19)/t13-/m0/s1. The van der Waals surface area contributed by atoms with E-state index in [-0.39, 0.29) is 11.8 Å². The van der Waals surface area contributed by atoms with Crippen LogP contribution in [0.1, 0.15) is 32.4 Å². The fraction of sp³-hybridized carbons (Fsp3) is 0.538. The summed E-state index contributed by atoms with van der Waals surface area (Å²) in [5, 5.41) is 0. The van der Waals surface area contributed by atoms with Gasteiger partial charge in [0.1, 0.15) is 0 Å². The fourth-order valence-electron chi connectivity index (χ4n) is 2.59. The molecule has 0 aliphatic carbocycles. The summed E-state index contributed by atoms with van der Waals surface area (Å²) in [5.74, 6) is -0.810. The van der Waals surface area contributed by atoms with Crippen molar-refractivity contribution in [3.05, 3.63) is 24.3 Å². The molecule has 2 heterocycles. The number of amides is 2. The van der Waals surface area contributed by atoms with Gasteiger partial charge < -0.3 is 10.6 Å². The van der Waals surface area contributed by atoms with Crippen LogP contribution < -0.4 is 5.73 Å². The van der Waals surface area contributed by atoms with Crippen molar-refractivity contribution in [1.29, 1.82) is 0 Å². The molecule has 102 valence electrons. The first-order chi connectivity index (χ1) is 9.00. The number of likely N-dealkylation sites (tertiary alicyclic amines) is 1. The smallest absolute Gasteiger partial charge is 0.249 e. The summed E-state index contributed by atoms with van der Waals surface area (Å²) in [6.07, 6.45) is 5.78. The SMILES string of the molecule is CC(C)C(=O)N1CCC[C@@]1(C(N)=O)c1cnccn1. The fourth-order valence-corrected chi connectivity index (χ4v) is 2.59. The summed E-state index contributed by atoms with van der Waals surface area (Å²) in [5.41, 5.74) is 4.90. The van der Waals surface area contributed by atoms with Crippen LogP contribution in [0.4, 0.5) is 0 Å². The molecule has 0 spiro atoms. The predicted octanol–water partition coefficient (Wildman–Crippen LogP) is 0.436. The molecule has 6 nitrogen and oxygen atoms in total. The normalized spacial score (nSPS) is 22.8. The molecular weight excluding hydrogens is 244 g/mol. The number of rotatable bonds is 3. The van der Waals surface area contributed by atoms with Crippen LogP contribution >= 0.6 is 0 Å². The Morgan fingerprint density at radius 1 is 1.42 bits per heavy atom. The van der Waals surface area contributed by atoms with Crippen molar-refractivity contribution < 1.29 is 9.59 Å². The van der Waals surface area contributed by atoms with E-state index in [2.05, 4.69) is 9.97 Å². The zero-order valence-electron chi connectivity index (χ0n) is 11.2. The van der Waals surface area contributed by atoms with Gasteiger partial charge in [-0.15, -0.1) is 0 Å². The van der Waals surface area contributed by atoms with E-state index in [1.807, 2.05) is 13.8 Å². The lowest BCUT2D eigenvalue weighted by molar-refractivity contribution is -0.146. The molecule has 1 fully saturated rings. The van der Waals surface area contributed by atoms with Crippen LogP contribution in [0.3, 0.4) is 0 Å².